The average molecular weight is 199 g/mol. The van der Waals surface area contributed by atoms with Gasteiger partial charge in [0.25, 0.3) is 0 Å². The molecule has 0 amide bonds. The molecule has 0 unspecified atom stereocenters. The minimum absolute atomic E-state index is 0.100. The van der Waals surface area contributed by atoms with E-state index in [-0.39, 0.29) is 12.0 Å². The van der Waals surface area contributed by atoms with Crippen molar-refractivity contribution in [3.63, 3.8) is 0 Å². The second-order valence-corrected chi connectivity index (χ2v) is 4.28. The summed E-state index contributed by atoms with van der Waals surface area (Å²) in [7, 11) is 0. The van der Waals surface area contributed by atoms with Crippen LogP contribution in [0.3, 0.4) is 0 Å². The first-order valence-electron chi connectivity index (χ1n) is 5.29. The van der Waals surface area contributed by atoms with E-state index in [2.05, 4.69) is 18.4 Å². The first-order chi connectivity index (χ1) is 6.61. The highest BCUT2D eigenvalue weighted by molar-refractivity contribution is 4.90. The molecule has 0 aromatic carbocycles. The first-order valence-corrected chi connectivity index (χ1v) is 5.29. The van der Waals surface area contributed by atoms with Crippen molar-refractivity contribution in [3.8, 4) is 0 Å². The maximum atomic E-state index is 9.21. The molecular formula is C11H21NO2. The van der Waals surface area contributed by atoms with E-state index in [0.29, 0.717) is 6.61 Å². The molecule has 0 aromatic heterocycles. The molecule has 0 saturated carbocycles. The Morgan fingerprint density at radius 3 is 2.50 bits per heavy atom. The van der Waals surface area contributed by atoms with Gasteiger partial charge in [0.15, 0.2) is 5.88 Å². The van der Waals surface area contributed by atoms with Crippen LogP contribution in [0.5, 0.6) is 0 Å². The topological polar surface area (TPSA) is 32.7 Å². The van der Waals surface area contributed by atoms with Crippen LogP contribution in [0.2, 0.25) is 0 Å². The van der Waals surface area contributed by atoms with Crippen LogP contribution in [0, 0.1) is 5.41 Å². The van der Waals surface area contributed by atoms with Crippen LogP contribution >= 0.6 is 0 Å². The molecule has 1 aliphatic heterocycles. The van der Waals surface area contributed by atoms with E-state index >= 15 is 0 Å². The Labute approximate surface area is 86.4 Å². The van der Waals surface area contributed by atoms with Crippen molar-refractivity contribution in [3.05, 3.63) is 12.5 Å². The van der Waals surface area contributed by atoms with Crippen molar-refractivity contribution < 1.29 is 9.84 Å². The average Bonchev–Trinajstić information content (AvgIpc) is 2.19. The number of likely N-dealkylation sites (tertiary alicyclic amines) is 1. The van der Waals surface area contributed by atoms with Gasteiger partial charge in [-0.2, -0.15) is 0 Å². The first kappa shape index (κ1) is 11.4. The van der Waals surface area contributed by atoms with Crippen LogP contribution in [0.4, 0.5) is 0 Å². The quantitative estimate of drug-likeness (QED) is 0.698. The van der Waals surface area contributed by atoms with Crippen molar-refractivity contribution >= 4 is 0 Å². The summed E-state index contributed by atoms with van der Waals surface area (Å²) in [6.45, 7) is 10.8. The number of piperidine rings is 1. The highest BCUT2D eigenvalue weighted by Crippen LogP contribution is 2.31. The lowest BCUT2D eigenvalue weighted by Crippen LogP contribution is -2.40. The summed E-state index contributed by atoms with van der Waals surface area (Å²) in [6.07, 6.45) is 2.02. The largest absolute Gasteiger partial charge is 0.480 e. The highest BCUT2D eigenvalue weighted by Gasteiger charge is 2.29. The van der Waals surface area contributed by atoms with Crippen molar-refractivity contribution in [2.75, 3.05) is 26.3 Å². The van der Waals surface area contributed by atoms with E-state index in [9.17, 15) is 5.11 Å². The molecule has 1 fully saturated rings. The van der Waals surface area contributed by atoms with Gasteiger partial charge in [-0.15, -0.1) is 0 Å². The molecule has 14 heavy (non-hydrogen) atoms. The van der Waals surface area contributed by atoms with Gasteiger partial charge in [0.1, 0.15) is 0 Å². The van der Waals surface area contributed by atoms with Gasteiger partial charge in [-0.3, -0.25) is 0 Å². The van der Waals surface area contributed by atoms with E-state index in [1.807, 2.05) is 6.92 Å². The van der Waals surface area contributed by atoms with Crippen LogP contribution in [0.15, 0.2) is 12.5 Å². The lowest BCUT2D eigenvalue weighted by Gasteiger charge is -2.39. The zero-order valence-corrected chi connectivity index (χ0v) is 9.25. The molecule has 1 aliphatic rings. The molecule has 82 valence electrons. The zero-order chi connectivity index (χ0) is 10.6. The van der Waals surface area contributed by atoms with Gasteiger partial charge >= 0.3 is 0 Å². The Morgan fingerprint density at radius 2 is 2.07 bits per heavy atom. The molecule has 3 heteroatoms. The molecule has 0 spiro atoms. The van der Waals surface area contributed by atoms with E-state index in [0.717, 1.165) is 31.8 Å². The minimum Gasteiger partial charge on any atom is -0.480 e. The Hall–Kier alpha value is -0.700. The molecule has 0 radical (unpaired) electrons. The SMILES string of the molecule is C=C(OCC)N1CCC(C)(CO)CC1. The van der Waals surface area contributed by atoms with Gasteiger partial charge in [0.2, 0.25) is 0 Å². The molecule has 1 saturated heterocycles. The number of aliphatic hydroxyl groups excluding tert-OH is 1. The summed E-state index contributed by atoms with van der Waals surface area (Å²) in [5, 5.41) is 9.21. The predicted molar refractivity (Wildman–Crippen MR) is 56.8 cm³/mol. The number of aliphatic hydroxyl groups is 1. The third-order valence-corrected chi connectivity index (χ3v) is 3.02. The van der Waals surface area contributed by atoms with Crippen LogP contribution in [0.25, 0.3) is 0 Å². The summed E-state index contributed by atoms with van der Waals surface area (Å²) in [5.41, 5.74) is 0.100. The molecule has 3 nitrogen and oxygen atoms in total. The molecule has 1 rings (SSSR count). The molecule has 0 bridgehead atoms. The van der Waals surface area contributed by atoms with E-state index in [1.165, 1.54) is 0 Å². The normalized spacial score (nSPS) is 20.6. The number of ether oxygens (including phenoxy) is 1. The van der Waals surface area contributed by atoms with Crippen molar-refractivity contribution in [1.29, 1.82) is 0 Å². The summed E-state index contributed by atoms with van der Waals surface area (Å²) in [4.78, 5) is 2.15. The van der Waals surface area contributed by atoms with Crippen molar-refractivity contribution in [1.82, 2.24) is 4.90 Å². The van der Waals surface area contributed by atoms with Gasteiger partial charge in [-0.25, -0.2) is 0 Å². The maximum absolute atomic E-state index is 9.21. The maximum Gasteiger partial charge on any atom is 0.181 e. The van der Waals surface area contributed by atoms with E-state index in [1.54, 1.807) is 0 Å². The van der Waals surface area contributed by atoms with Gasteiger partial charge < -0.3 is 14.7 Å². The highest BCUT2D eigenvalue weighted by atomic mass is 16.5. The zero-order valence-electron chi connectivity index (χ0n) is 9.25. The van der Waals surface area contributed by atoms with Crippen molar-refractivity contribution in [2.24, 2.45) is 5.41 Å². The molecule has 0 aromatic rings. The van der Waals surface area contributed by atoms with Crippen LogP contribution in [-0.2, 0) is 4.74 Å². The van der Waals surface area contributed by atoms with Gasteiger partial charge in [0.05, 0.1) is 6.61 Å². The van der Waals surface area contributed by atoms with Crippen LogP contribution < -0.4 is 0 Å². The summed E-state index contributed by atoms with van der Waals surface area (Å²) in [5.74, 6) is 0.771. The molecule has 1 N–H and O–H groups in total. The fraction of sp³-hybridized carbons (Fsp3) is 0.818. The smallest absolute Gasteiger partial charge is 0.181 e. The minimum atomic E-state index is 0.100. The number of nitrogens with zero attached hydrogens (tertiary/aromatic N) is 1. The van der Waals surface area contributed by atoms with Gasteiger partial charge in [-0.05, 0) is 31.8 Å². The van der Waals surface area contributed by atoms with Gasteiger partial charge in [0, 0.05) is 19.7 Å². The third-order valence-electron chi connectivity index (χ3n) is 3.02. The standard InChI is InChI=1S/C11H21NO2/c1-4-14-10(2)12-7-5-11(3,9-13)6-8-12/h13H,2,4-9H2,1,3H3. The van der Waals surface area contributed by atoms with Crippen LogP contribution in [0.1, 0.15) is 26.7 Å². The second-order valence-electron chi connectivity index (χ2n) is 4.28. The fourth-order valence-corrected chi connectivity index (χ4v) is 1.71. The Kier molecular flexibility index (Phi) is 3.81. The second kappa shape index (κ2) is 4.69. The summed E-state index contributed by atoms with van der Waals surface area (Å²) < 4.78 is 5.35. The van der Waals surface area contributed by atoms with E-state index in [4.69, 9.17) is 4.74 Å². The Bertz CT molecular complexity index is 195. The molecular weight excluding hydrogens is 178 g/mol. The predicted octanol–water partition coefficient (Wildman–Crippen LogP) is 1.59. The Balaban J connectivity index is 2.39. The number of hydrogen-bond donors (Lipinski definition) is 1. The van der Waals surface area contributed by atoms with Crippen LogP contribution in [-0.4, -0.2) is 36.3 Å². The van der Waals surface area contributed by atoms with Gasteiger partial charge in [-0.1, -0.05) is 6.92 Å². The van der Waals surface area contributed by atoms with E-state index < -0.39 is 0 Å². The fourth-order valence-electron chi connectivity index (χ4n) is 1.71. The monoisotopic (exact) mass is 199 g/mol. The summed E-state index contributed by atoms with van der Waals surface area (Å²) in [6, 6.07) is 0. The Morgan fingerprint density at radius 1 is 1.50 bits per heavy atom. The molecule has 1 heterocycles. The lowest BCUT2D eigenvalue weighted by atomic mass is 9.81. The lowest BCUT2D eigenvalue weighted by molar-refractivity contribution is 0.0371. The molecule has 0 aliphatic carbocycles. The molecule has 0 atom stereocenters. The number of hydrogen-bond acceptors (Lipinski definition) is 3. The van der Waals surface area contributed by atoms with Crippen molar-refractivity contribution in [2.45, 2.75) is 26.7 Å². The summed E-state index contributed by atoms with van der Waals surface area (Å²) >= 11 is 0. The third kappa shape index (κ3) is 2.64. The number of rotatable bonds is 4.